The minimum Gasteiger partial charge on any atom is -0.497 e. The number of hydrogen-bond acceptors (Lipinski definition) is 11. The van der Waals surface area contributed by atoms with Crippen molar-refractivity contribution in [2.75, 3.05) is 13.7 Å². The van der Waals surface area contributed by atoms with E-state index in [0.717, 1.165) is 19.3 Å². The van der Waals surface area contributed by atoms with Crippen LogP contribution in [-0.4, -0.2) is 95.3 Å². The summed E-state index contributed by atoms with van der Waals surface area (Å²) in [7, 11) is -2.32. The SMILES string of the molecule is CCC1CC(C)CCC=CC2CC2(C(=O)NS(=O)(=O)C2CC2)NC(=O)C2CC(Oc3nc4ccc(OC)cc4nc3C3CC3)CN2C(=O)C1NC(=O)OC(C)(C)C. The molecule has 16 heteroatoms. The van der Waals surface area contributed by atoms with Gasteiger partial charge in [0, 0.05) is 24.3 Å². The normalized spacial score (nSPS) is 29.6. The van der Waals surface area contributed by atoms with Crippen LogP contribution >= 0.6 is 0 Å². The third kappa shape index (κ3) is 9.15. The van der Waals surface area contributed by atoms with Gasteiger partial charge in [-0.15, -0.1) is 0 Å². The van der Waals surface area contributed by atoms with E-state index in [1.807, 2.05) is 25.1 Å². The van der Waals surface area contributed by atoms with Crippen molar-refractivity contribution >= 4 is 44.9 Å². The van der Waals surface area contributed by atoms with Gasteiger partial charge < -0.3 is 29.7 Å². The van der Waals surface area contributed by atoms with Crippen LogP contribution in [0.1, 0.15) is 110 Å². The van der Waals surface area contributed by atoms with Crippen LogP contribution in [0.25, 0.3) is 11.0 Å². The molecule has 7 unspecified atom stereocenters. The van der Waals surface area contributed by atoms with Crippen LogP contribution in [0.3, 0.4) is 0 Å². The summed E-state index contributed by atoms with van der Waals surface area (Å²) >= 11 is 0. The number of aromatic nitrogens is 2. The number of fused-ring (bicyclic) bond motifs is 3. The second kappa shape index (κ2) is 15.7. The number of carbonyl (C=O) groups is 4. The van der Waals surface area contributed by atoms with E-state index >= 15 is 0 Å². The van der Waals surface area contributed by atoms with E-state index in [0.29, 0.717) is 60.5 Å². The maximum atomic E-state index is 15.0. The lowest BCUT2D eigenvalue weighted by Crippen LogP contribution is -2.59. The summed E-state index contributed by atoms with van der Waals surface area (Å²) in [5.41, 5.74) is -0.384. The first kappa shape index (κ1) is 40.7. The zero-order chi connectivity index (χ0) is 40.9. The Labute approximate surface area is 334 Å². The van der Waals surface area contributed by atoms with Crippen molar-refractivity contribution in [3.8, 4) is 11.6 Å². The average molecular weight is 809 g/mol. The highest BCUT2D eigenvalue weighted by Gasteiger charge is 2.62. The summed E-state index contributed by atoms with van der Waals surface area (Å²) in [5, 5.41) is 5.17. The molecular weight excluding hydrogens is 753 g/mol. The Kier molecular flexibility index (Phi) is 11.2. The van der Waals surface area contributed by atoms with Gasteiger partial charge in [0.1, 0.15) is 40.8 Å². The zero-order valence-electron chi connectivity index (χ0n) is 33.7. The van der Waals surface area contributed by atoms with Crippen LogP contribution in [0.5, 0.6) is 11.6 Å². The molecule has 3 heterocycles. The molecular formula is C41H56N6O9S. The van der Waals surface area contributed by atoms with E-state index < -0.39 is 74.3 Å². The largest absolute Gasteiger partial charge is 0.497 e. The van der Waals surface area contributed by atoms with Crippen molar-refractivity contribution in [1.29, 1.82) is 0 Å². The van der Waals surface area contributed by atoms with E-state index in [2.05, 4.69) is 22.3 Å². The third-order valence-corrected chi connectivity index (χ3v) is 13.6. The van der Waals surface area contributed by atoms with Crippen LogP contribution in [0.4, 0.5) is 4.79 Å². The number of hydrogen-bond donors (Lipinski definition) is 3. The minimum atomic E-state index is -3.91. The first-order chi connectivity index (χ1) is 27.0. The molecule has 0 bridgehead atoms. The van der Waals surface area contributed by atoms with E-state index in [1.54, 1.807) is 40.0 Å². The van der Waals surface area contributed by atoms with Crippen molar-refractivity contribution in [1.82, 2.24) is 30.2 Å². The highest BCUT2D eigenvalue weighted by Crippen LogP contribution is 2.47. The Hall–Kier alpha value is -4.47. The van der Waals surface area contributed by atoms with Crippen molar-refractivity contribution in [2.45, 2.75) is 139 Å². The lowest BCUT2D eigenvalue weighted by Gasteiger charge is -2.34. The number of amides is 4. The molecule has 1 aromatic heterocycles. The van der Waals surface area contributed by atoms with Crippen LogP contribution in [-0.2, 0) is 29.1 Å². The van der Waals surface area contributed by atoms with Gasteiger partial charge in [-0.3, -0.25) is 19.1 Å². The van der Waals surface area contributed by atoms with Gasteiger partial charge in [-0.25, -0.2) is 23.2 Å². The molecule has 2 aliphatic heterocycles. The fourth-order valence-corrected chi connectivity index (χ4v) is 9.54. The van der Waals surface area contributed by atoms with E-state index in [4.69, 9.17) is 24.2 Å². The fourth-order valence-electron chi connectivity index (χ4n) is 8.18. The molecule has 0 radical (unpaired) electrons. The monoisotopic (exact) mass is 808 g/mol. The van der Waals surface area contributed by atoms with Gasteiger partial charge in [-0.2, -0.15) is 0 Å². The number of alkyl carbamates (subject to hydrolysis) is 1. The first-order valence-electron chi connectivity index (χ1n) is 20.4. The molecule has 3 saturated carbocycles. The number of nitrogens with zero attached hydrogens (tertiary/aromatic N) is 3. The van der Waals surface area contributed by atoms with Gasteiger partial charge in [0.25, 0.3) is 5.91 Å². The van der Waals surface area contributed by atoms with E-state index in [1.165, 1.54) is 4.90 Å². The zero-order valence-corrected chi connectivity index (χ0v) is 34.5. The second-order valence-corrected chi connectivity index (χ2v) is 19.6. The predicted molar refractivity (Wildman–Crippen MR) is 211 cm³/mol. The van der Waals surface area contributed by atoms with Crippen LogP contribution in [0.15, 0.2) is 30.4 Å². The first-order valence-corrected chi connectivity index (χ1v) is 21.9. The van der Waals surface area contributed by atoms with Gasteiger partial charge in [0.15, 0.2) is 0 Å². The van der Waals surface area contributed by atoms with Gasteiger partial charge in [0.05, 0.1) is 29.9 Å². The molecule has 1 aromatic carbocycles. The number of benzene rings is 1. The van der Waals surface area contributed by atoms with E-state index in [-0.39, 0.29) is 37.1 Å². The van der Waals surface area contributed by atoms with Crippen LogP contribution < -0.4 is 24.8 Å². The highest BCUT2D eigenvalue weighted by molar-refractivity contribution is 7.91. The summed E-state index contributed by atoms with van der Waals surface area (Å²) in [6, 6.07) is 3.25. The summed E-state index contributed by atoms with van der Waals surface area (Å²) < 4.78 is 45.8. The molecule has 1 saturated heterocycles. The summed E-state index contributed by atoms with van der Waals surface area (Å²) in [6.07, 6.45) is 8.11. The quantitative estimate of drug-likeness (QED) is 0.299. The van der Waals surface area contributed by atoms with Gasteiger partial charge in [-0.05, 0) is 96.1 Å². The van der Waals surface area contributed by atoms with Crippen molar-refractivity contribution < 1.29 is 41.8 Å². The average Bonchev–Trinajstić information content (AvgIpc) is 4.04. The Morgan fingerprint density at radius 3 is 2.47 bits per heavy atom. The number of ether oxygens (including phenoxy) is 3. The molecule has 310 valence electrons. The number of nitrogens with one attached hydrogen (secondary N) is 3. The van der Waals surface area contributed by atoms with Gasteiger partial charge in [0.2, 0.25) is 27.7 Å². The number of allylic oxidation sites excluding steroid dienone is 1. The Balaban J connectivity index is 1.24. The molecule has 5 aliphatic rings. The van der Waals surface area contributed by atoms with Gasteiger partial charge in [-0.1, -0.05) is 32.4 Å². The Morgan fingerprint density at radius 1 is 1.05 bits per heavy atom. The summed E-state index contributed by atoms with van der Waals surface area (Å²) in [6.45, 7) is 9.30. The number of methoxy groups -OCH3 is 1. The van der Waals surface area contributed by atoms with Crippen LogP contribution in [0, 0.1) is 17.8 Å². The molecule has 4 amide bonds. The van der Waals surface area contributed by atoms with Crippen molar-refractivity contribution in [3.63, 3.8) is 0 Å². The molecule has 3 N–H and O–H groups in total. The molecule has 57 heavy (non-hydrogen) atoms. The molecule has 2 aromatic rings. The summed E-state index contributed by atoms with van der Waals surface area (Å²) in [5.74, 6) is -1.31. The maximum Gasteiger partial charge on any atom is 0.408 e. The van der Waals surface area contributed by atoms with Gasteiger partial charge >= 0.3 is 6.09 Å². The Morgan fingerprint density at radius 2 is 1.81 bits per heavy atom. The molecule has 15 nitrogen and oxygen atoms in total. The standard InChI is InChI=1S/C41H56N6O9S/c1-7-24-18-23(2)10-8-9-11-26-21-41(26,38(50)46-57(52,53)29-15-16-29)45-35(48)32-20-28(22-47(32)37(49)34(24)44-39(51)56-40(3,4)5)55-36-33(25-12-13-25)42-31-19-27(54-6)14-17-30(31)43-36/h9,11,14,17,19,23-26,28-29,32,34H,7-8,10,12-13,15-16,18,20-22H2,1-6H3,(H,44,51)(H,45,48)(H,46,50). The molecule has 7 atom stereocenters. The molecule has 3 aliphatic carbocycles. The van der Waals surface area contributed by atoms with Crippen molar-refractivity contribution in [2.24, 2.45) is 17.8 Å². The lowest BCUT2D eigenvalue weighted by molar-refractivity contribution is -0.142. The molecule has 4 fully saturated rings. The number of rotatable bonds is 9. The topological polar surface area (TPSA) is 195 Å². The number of sulfonamides is 1. The number of carbonyl (C=O) groups excluding carboxylic acids is 4. The Bertz CT molecular complexity index is 2040. The molecule has 0 spiro atoms. The lowest BCUT2D eigenvalue weighted by atomic mass is 9.85. The van der Waals surface area contributed by atoms with E-state index in [9.17, 15) is 27.6 Å². The van der Waals surface area contributed by atoms with Crippen LogP contribution in [0.2, 0.25) is 0 Å². The molecule has 7 rings (SSSR count). The third-order valence-electron chi connectivity index (χ3n) is 11.8. The predicted octanol–water partition coefficient (Wildman–Crippen LogP) is 4.64. The highest BCUT2D eigenvalue weighted by atomic mass is 32.2. The second-order valence-electron chi connectivity index (χ2n) is 17.6. The minimum absolute atomic E-state index is 0.0135. The summed E-state index contributed by atoms with van der Waals surface area (Å²) in [4.78, 5) is 68.0. The smallest absolute Gasteiger partial charge is 0.408 e. The van der Waals surface area contributed by atoms with Crippen molar-refractivity contribution in [3.05, 3.63) is 36.0 Å². The maximum absolute atomic E-state index is 15.0. The fraction of sp³-hybridized carbons (Fsp3) is 0.659.